The van der Waals surface area contributed by atoms with Gasteiger partial charge in [0.1, 0.15) is 11.8 Å². The molecule has 0 saturated heterocycles. The van der Waals surface area contributed by atoms with Crippen LogP contribution in [0.1, 0.15) is 19.5 Å². The predicted octanol–water partition coefficient (Wildman–Crippen LogP) is 1.38. The molecule has 1 unspecified atom stereocenters. The molecule has 96 valence electrons. The molecular formula is C13H17N3O2. The van der Waals surface area contributed by atoms with Gasteiger partial charge in [-0.15, -0.1) is 0 Å². The van der Waals surface area contributed by atoms with Gasteiger partial charge in [-0.25, -0.2) is 4.98 Å². The van der Waals surface area contributed by atoms with Crippen LogP contribution in [0, 0.1) is 0 Å². The molecule has 0 bridgehead atoms. The van der Waals surface area contributed by atoms with Gasteiger partial charge in [0.2, 0.25) is 5.91 Å². The molecule has 0 aromatic carbocycles. The number of rotatable bonds is 5. The van der Waals surface area contributed by atoms with Crippen LogP contribution < -0.4 is 5.32 Å². The molecule has 2 heterocycles. The second-order valence-corrected chi connectivity index (χ2v) is 4.01. The van der Waals surface area contributed by atoms with Crippen molar-refractivity contribution in [1.29, 1.82) is 0 Å². The molecule has 1 atom stereocenters. The van der Waals surface area contributed by atoms with Crippen molar-refractivity contribution in [2.45, 2.75) is 26.5 Å². The summed E-state index contributed by atoms with van der Waals surface area (Å²) in [6.07, 6.45) is 3.41. The summed E-state index contributed by atoms with van der Waals surface area (Å²) in [5.41, 5.74) is 1.71. The zero-order valence-electron chi connectivity index (χ0n) is 10.6. The Morgan fingerprint density at radius 1 is 1.56 bits per heavy atom. The van der Waals surface area contributed by atoms with Gasteiger partial charge in [0, 0.05) is 19.0 Å². The van der Waals surface area contributed by atoms with Gasteiger partial charge >= 0.3 is 0 Å². The van der Waals surface area contributed by atoms with Crippen molar-refractivity contribution in [2.75, 3.05) is 6.61 Å². The van der Waals surface area contributed by atoms with E-state index in [0.29, 0.717) is 13.2 Å². The van der Waals surface area contributed by atoms with E-state index < -0.39 is 6.10 Å². The van der Waals surface area contributed by atoms with E-state index in [0.717, 1.165) is 11.3 Å². The third-order valence-corrected chi connectivity index (χ3v) is 2.64. The van der Waals surface area contributed by atoms with Crippen LogP contribution >= 0.6 is 0 Å². The first kappa shape index (κ1) is 12.6. The second kappa shape index (κ2) is 5.64. The van der Waals surface area contributed by atoms with Crippen molar-refractivity contribution < 1.29 is 9.53 Å². The predicted molar refractivity (Wildman–Crippen MR) is 68.1 cm³/mol. The average Bonchev–Trinajstić information content (AvgIpc) is 2.78. The van der Waals surface area contributed by atoms with E-state index in [1.807, 2.05) is 41.9 Å². The first-order valence-corrected chi connectivity index (χ1v) is 6.02. The lowest BCUT2D eigenvalue weighted by atomic mass is 10.3. The maximum atomic E-state index is 11.7. The summed E-state index contributed by atoms with van der Waals surface area (Å²) in [5.74, 6) is -0.117. The number of carbonyl (C=O) groups excluding carboxylic acids is 1. The number of nitrogens with one attached hydrogen (secondary N) is 1. The lowest BCUT2D eigenvalue weighted by Crippen LogP contribution is -2.34. The van der Waals surface area contributed by atoms with Crippen molar-refractivity contribution in [2.24, 2.45) is 0 Å². The minimum Gasteiger partial charge on any atom is -0.369 e. The SMILES string of the molecule is CCOC(C)C(=O)NCc1cn2ccccc2n1. The topological polar surface area (TPSA) is 55.6 Å². The summed E-state index contributed by atoms with van der Waals surface area (Å²) >= 11 is 0. The zero-order valence-corrected chi connectivity index (χ0v) is 10.6. The Balaban J connectivity index is 1.95. The number of fused-ring (bicyclic) bond motifs is 1. The number of amides is 1. The molecule has 2 aromatic rings. The highest BCUT2D eigenvalue weighted by molar-refractivity contribution is 5.80. The van der Waals surface area contributed by atoms with Gasteiger partial charge in [0.15, 0.2) is 0 Å². The van der Waals surface area contributed by atoms with Crippen molar-refractivity contribution in [3.05, 3.63) is 36.3 Å². The lowest BCUT2D eigenvalue weighted by molar-refractivity contribution is -0.131. The van der Waals surface area contributed by atoms with E-state index in [-0.39, 0.29) is 5.91 Å². The third kappa shape index (κ3) is 2.87. The number of imidazole rings is 1. The van der Waals surface area contributed by atoms with E-state index in [1.165, 1.54) is 0 Å². The quantitative estimate of drug-likeness (QED) is 0.868. The molecule has 1 amide bonds. The highest BCUT2D eigenvalue weighted by Gasteiger charge is 2.12. The van der Waals surface area contributed by atoms with Crippen LogP contribution in [0.4, 0.5) is 0 Å². The van der Waals surface area contributed by atoms with E-state index in [9.17, 15) is 4.79 Å². The van der Waals surface area contributed by atoms with Crippen LogP contribution in [0.3, 0.4) is 0 Å². The molecule has 2 rings (SSSR count). The molecule has 0 fully saturated rings. The van der Waals surface area contributed by atoms with Crippen molar-refractivity contribution in [3.8, 4) is 0 Å². The Labute approximate surface area is 106 Å². The average molecular weight is 247 g/mol. The van der Waals surface area contributed by atoms with Crippen LogP contribution in [-0.2, 0) is 16.1 Å². The maximum Gasteiger partial charge on any atom is 0.249 e. The molecule has 0 aliphatic carbocycles. The van der Waals surface area contributed by atoms with Crippen LogP contribution in [0.25, 0.3) is 5.65 Å². The summed E-state index contributed by atoms with van der Waals surface area (Å²) in [6, 6.07) is 5.80. The number of nitrogens with zero attached hydrogens (tertiary/aromatic N) is 2. The first-order chi connectivity index (χ1) is 8.70. The molecule has 5 nitrogen and oxygen atoms in total. The summed E-state index contributed by atoms with van der Waals surface area (Å²) < 4.78 is 7.14. The number of hydrogen-bond donors (Lipinski definition) is 1. The number of hydrogen-bond acceptors (Lipinski definition) is 3. The van der Waals surface area contributed by atoms with Crippen molar-refractivity contribution >= 4 is 11.6 Å². The minimum atomic E-state index is -0.424. The summed E-state index contributed by atoms with van der Waals surface area (Å²) in [5, 5.41) is 2.80. The van der Waals surface area contributed by atoms with E-state index in [1.54, 1.807) is 6.92 Å². The largest absolute Gasteiger partial charge is 0.369 e. The Morgan fingerprint density at radius 3 is 3.11 bits per heavy atom. The Bertz CT molecular complexity index is 503. The second-order valence-electron chi connectivity index (χ2n) is 4.01. The number of aromatic nitrogens is 2. The number of pyridine rings is 1. The van der Waals surface area contributed by atoms with Gasteiger partial charge in [-0.2, -0.15) is 0 Å². The van der Waals surface area contributed by atoms with E-state index in [2.05, 4.69) is 10.3 Å². The van der Waals surface area contributed by atoms with Crippen LogP contribution in [0.15, 0.2) is 30.6 Å². The van der Waals surface area contributed by atoms with Crippen LogP contribution in [-0.4, -0.2) is 28.0 Å². The normalized spacial score (nSPS) is 12.6. The van der Waals surface area contributed by atoms with Gasteiger partial charge in [0.05, 0.1) is 12.2 Å². The van der Waals surface area contributed by atoms with Gasteiger partial charge in [-0.1, -0.05) is 6.07 Å². The molecule has 0 aliphatic heterocycles. The monoisotopic (exact) mass is 247 g/mol. The third-order valence-electron chi connectivity index (χ3n) is 2.64. The van der Waals surface area contributed by atoms with Gasteiger partial charge in [-0.3, -0.25) is 4.79 Å². The fraction of sp³-hybridized carbons (Fsp3) is 0.385. The fourth-order valence-corrected chi connectivity index (χ4v) is 1.72. The molecule has 0 radical (unpaired) electrons. The van der Waals surface area contributed by atoms with Crippen molar-refractivity contribution in [3.63, 3.8) is 0 Å². The molecule has 0 saturated carbocycles. The Hall–Kier alpha value is -1.88. The molecular weight excluding hydrogens is 230 g/mol. The number of carbonyl (C=O) groups is 1. The Morgan fingerprint density at radius 2 is 2.39 bits per heavy atom. The lowest BCUT2D eigenvalue weighted by Gasteiger charge is -2.10. The standard InChI is InChI=1S/C13H17N3O2/c1-3-18-10(2)13(17)14-8-11-9-16-7-5-4-6-12(16)15-11/h4-7,9-10H,3,8H2,1-2H3,(H,14,17). The van der Waals surface area contributed by atoms with Gasteiger partial charge in [0.25, 0.3) is 0 Å². The highest BCUT2D eigenvalue weighted by Crippen LogP contribution is 2.04. The summed E-state index contributed by atoms with van der Waals surface area (Å²) in [6.45, 7) is 4.55. The number of ether oxygens (including phenoxy) is 1. The van der Waals surface area contributed by atoms with Gasteiger partial charge in [-0.05, 0) is 26.0 Å². The molecule has 0 aliphatic rings. The van der Waals surface area contributed by atoms with Crippen LogP contribution in [0.5, 0.6) is 0 Å². The van der Waals surface area contributed by atoms with Crippen molar-refractivity contribution in [1.82, 2.24) is 14.7 Å². The van der Waals surface area contributed by atoms with E-state index >= 15 is 0 Å². The minimum absolute atomic E-state index is 0.117. The summed E-state index contributed by atoms with van der Waals surface area (Å²) in [4.78, 5) is 16.0. The zero-order chi connectivity index (χ0) is 13.0. The first-order valence-electron chi connectivity index (χ1n) is 6.02. The fourth-order valence-electron chi connectivity index (χ4n) is 1.72. The smallest absolute Gasteiger partial charge is 0.249 e. The van der Waals surface area contributed by atoms with Gasteiger partial charge < -0.3 is 14.5 Å². The maximum absolute atomic E-state index is 11.7. The highest BCUT2D eigenvalue weighted by atomic mass is 16.5. The molecule has 2 aromatic heterocycles. The van der Waals surface area contributed by atoms with E-state index in [4.69, 9.17) is 4.74 Å². The summed E-state index contributed by atoms with van der Waals surface area (Å²) in [7, 11) is 0. The molecule has 0 spiro atoms. The molecule has 18 heavy (non-hydrogen) atoms. The molecule has 5 heteroatoms. The van der Waals surface area contributed by atoms with Crippen LogP contribution in [0.2, 0.25) is 0 Å². The Kier molecular flexibility index (Phi) is 3.94. The molecule has 1 N–H and O–H groups in total.